The van der Waals surface area contributed by atoms with Crippen LogP contribution < -0.4 is 0 Å². The van der Waals surface area contributed by atoms with Crippen molar-refractivity contribution < 1.29 is 47.8 Å². The maximum absolute atomic E-state index is 12.6. The average Bonchev–Trinajstić information content (AvgIpc) is 3.27. The van der Waals surface area contributed by atoms with E-state index in [0.29, 0.717) is 19.3 Å². The number of rotatable bonds is 43. The van der Waals surface area contributed by atoms with Gasteiger partial charge in [0.05, 0.1) is 19.8 Å². The highest BCUT2D eigenvalue weighted by molar-refractivity contribution is 7.47. The molecule has 3 N–H and O–H groups in total. The van der Waals surface area contributed by atoms with E-state index in [1.54, 1.807) is 0 Å². The summed E-state index contributed by atoms with van der Waals surface area (Å²) in [6.45, 7) is 2.19. The molecule has 1 unspecified atom stereocenters. The fraction of sp³-hybridized carbons (Fsp3) is 0.615. The number of aliphatic hydroxyl groups excluding tert-OH is 2. The Hall–Kier alpha value is -3.37. The Morgan fingerprint density at radius 2 is 0.857 bits per heavy atom. The number of allylic oxidation sites excluding steroid dienone is 18. The quantitative estimate of drug-likeness (QED) is 0.0234. The van der Waals surface area contributed by atoms with E-state index in [1.807, 2.05) is 18.2 Å². The van der Waals surface area contributed by atoms with Crippen LogP contribution in [-0.2, 0) is 32.7 Å². The van der Waals surface area contributed by atoms with Crippen LogP contribution in [0.15, 0.2) is 109 Å². The molecule has 10 nitrogen and oxygen atoms in total. The van der Waals surface area contributed by atoms with E-state index in [0.717, 1.165) is 51.4 Å². The lowest BCUT2D eigenvalue weighted by Gasteiger charge is -2.20. The molecule has 0 aromatic carbocycles. The van der Waals surface area contributed by atoms with Crippen molar-refractivity contribution >= 4 is 19.8 Å². The lowest BCUT2D eigenvalue weighted by molar-refractivity contribution is -0.161. The maximum atomic E-state index is 12.6. The summed E-state index contributed by atoms with van der Waals surface area (Å²) in [5.74, 6) is -1.10. The molecule has 0 aliphatic rings. The first-order chi connectivity index (χ1) is 30.7. The number of carbonyl (C=O) groups excluding carboxylic acids is 2. The van der Waals surface area contributed by atoms with E-state index < -0.39 is 51.8 Å². The van der Waals surface area contributed by atoms with Crippen LogP contribution in [0.3, 0.4) is 0 Å². The first-order valence-electron chi connectivity index (χ1n) is 23.8. The van der Waals surface area contributed by atoms with Gasteiger partial charge in [0.15, 0.2) is 6.10 Å². The summed E-state index contributed by atoms with van der Waals surface area (Å²) in [6, 6.07) is 0. The van der Waals surface area contributed by atoms with E-state index in [1.165, 1.54) is 70.6 Å². The SMILES string of the molecule is CCCCC/C=C/C/C=C/C/C=C/C/C=C/C/C=C/CCC(=O)O[C@H](COC(=O)CCC/C=C/C/C=C/C/C=C/C/C=C/CCCCCCCCC)COP(=O)(O)OC[C@@H](O)CO. The van der Waals surface area contributed by atoms with E-state index in [4.69, 9.17) is 19.1 Å². The highest BCUT2D eigenvalue weighted by Gasteiger charge is 2.27. The normalized spacial score (nSPS) is 14.7. The minimum absolute atomic E-state index is 0.0425. The van der Waals surface area contributed by atoms with Gasteiger partial charge in [-0.3, -0.25) is 18.6 Å². The van der Waals surface area contributed by atoms with Gasteiger partial charge in [-0.1, -0.05) is 175 Å². The Bertz CT molecular complexity index is 1410. The highest BCUT2D eigenvalue weighted by atomic mass is 31.2. The lowest BCUT2D eigenvalue weighted by Crippen LogP contribution is -2.29. The Balaban J connectivity index is 4.48. The number of carbonyl (C=O) groups is 2. The zero-order chi connectivity index (χ0) is 46.2. The summed E-state index contributed by atoms with van der Waals surface area (Å²) in [7, 11) is -4.66. The number of ether oxygens (including phenoxy) is 2. The molecule has 0 bridgehead atoms. The molecule has 0 heterocycles. The fourth-order valence-corrected chi connectivity index (χ4v) is 6.52. The summed E-state index contributed by atoms with van der Waals surface area (Å²) >= 11 is 0. The minimum atomic E-state index is -4.66. The van der Waals surface area contributed by atoms with Crippen molar-refractivity contribution in [3.8, 4) is 0 Å². The molecular weight excluding hydrogens is 816 g/mol. The Morgan fingerprint density at radius 3 is 1.33 bits per heavy atom. The molecule has 0 saturated carbocycles. The fourth-order valence-electron chi connectivity index (χ4n) is 5.73. The topological polar surface area (TPSA) is 149 Å². The van der Waals surface area contributed by atoms with Crippen LogP contribution >= 0.6 is 7.82 Å². The summed E-state index contributed by atoms with van der Waals surface area (Å²) in [5, 5.41) is 18.4. The number of unbranched alkanes of at least 4 members (excludes halogenated alkanes) is 11. The molecule has 0 radical (unpaired) electrons. The van der Waals surface area contributed by atoms with Crippen molar-refractivity contribution in [1.29, 1.82) is 0 Å². The number of hydrogen-bond donors (Lipinski definition) is 3. The molecule has 0 rings (SSSR count). The summed E-state index contributed by atoms with van der Waals surface area (Å²) in [4.78, 5) is 35.0. The second-order valence-corrected chi connectivity index (χ2v) is 16.9. The number of aliphatic hydroxyl groups is 2. The van der Waals surface area contributed by atoms with Gasteiger partial charge in [-0.15, -0.1) is 0 Å². The zero-order valence-electron chi connectivity index (χ0n) is 39.0. The molecule has 11 heteroatoms. The second kappa shape index (κ2) is 46.6. The zero-order valence-corrected chi connectivity index (χ0v) is 39.9. The van der Waals surface area contributed by atoms with Crippen LogP contribution in [0.4, 0.5) is 0 Å². The molecule has 0 fully saturated rings. The van der Waals surface area contributed by atoms with Gasteiger partial charge in [-0.2, -0.15) is 0 Å². The van der Waals surface area contributed by atoms with Gasteiger partial charge >= 0.3 is 19.8 Å². The van der Waals surface area contributed by atoms with Crippen molar-refractivity contribution in [3.63, 3.8) is 0 Å². The summed E-state index contributed by atoms with van der Waals surface area (Å²) < 4.78 is 32.6. The minimum Gasteiger partial charge on any atom is -0.462 e. The van der Waals surface area contributed by atoms with E-state index in [-0.39, 0.29) is 19.4 Å². The van der Waals surface area contributed by atoms with Crippen LogP contribution in [0.25, 0.3) is 0 Å². The first kappa shape index (κ1) is 59.6. The lowest BCUT2D eigenvalue weighted by atomic mass is 10.1. The predicted octanol–water partition coefficient (Wildman–Crippen LogP) is 13.3. The molecular formula is C52H85O10P. The third kappa shape index (κ3) is 46.4. The standard InChI is InChI=1S/C52H85O10P/c1-3-5-7-9-11-13-15-17-19-21-23-24-26-27-29-31-33-35-37-39-41-43-51(55)59-47-50(48-61-63(57,58)60-46-49(54)45-53)62-52(56)44-42-40-38-36-34-32-30-28-25-22-20-18-16-14-12-10-8-6-4-2/h12,14,18-21,24-26,28-29,31-32,34-35,37-38,40,49-50,53-54H,3-11,13,15-17,22-23,27,30,33,36,39,41-48H2,1-2H3,(H,57,58)/b14-12+,20-18+,21-19+,26-24+,28-25+,31-29+,34-32+,37-35+,40-38+/t49-,50+/m0/s1. The van der Waals surface area contributed by atoms with Gasteiger partial charge in [0.25, 0.3) is 0 Å². The summed E-state index contributed by atoms with van der Waals surface area (Å²) in [6.07, 6.45) is 59.4. The third-order valence-electron chi connectivity index (χ3n) is 9.41. The molecule has 0 spiro atoms. The van der Waals surface area contributed by atoms with Crippen molar-refractivity contribution in [2.24, 2.45) is 0 Å². The number of phosphoric acid groups is 1. The smallest absolute Gasteiger partial charge is 0.462 e. The van der Waals surface area contributed by atoms with Crippen LogP contribution in [0.2, 0.25) is 0 Å². The van der Waals surface area contributed by atoms with Gasteiger partial charge in [0.2, 0.25) is 0 Å². The molecule has 63 heavy (non-hydrogen) atoms. The molecule has 0 aromatic heterocycles. The molecule has 3 atom stereocenters. The largest absolute Gasteiger partial charge is 0.472 e. The number of phosphoric ester groups is 1. The van der Waals surface area contributed by atoms with Crippen molar-refractivity contribution in [1.82, 2.24) is 0 Å². The summed E-state index contributed by atoms with van der Waals surface area (Å²) in [5.41, 5.74) is 0. The van der Waals surface area contributed by atoms with E-state index in [2.05, 4.69) is 110 Å². The van der Waals surface area contributed by atoms with Gasteiger partial charge in [0.1, 0.15) is 12.7 Å². The van der Waals surface area contributed by atoms with Crippen molar-refractivity contribution in [2.75, 3.05) is 26.4 Å². The molecule has 0 aliphatic carbocycles. The molecule has 0 amide bonds. The van der Waals surface area contributed by atoms with E-state index in [9.17, 15) is 24.2 Å². The molecule has 0 aromatic rings. The highest BCUT2D eigenvalue weighted by Crippen LogP contribution is 2.43. The Morgan fingerprint density at radius 1 is 0.476 bits per heavy atom. The monoisotopic (exact) mass is 901 g/mol. The average molecular weight is 901 g/mol. The van der Waals surface area contributed by atoms with Crippen LogP contribution in [0.1, 0.15) is 168 Å². The van der Waals surface area contributed by atoms with Gasteiger partial charge in [0, 0.05) is 12.8 Å². The Kier molecular flexibility index (Phi) is 44.1. The number of hydrogen-bond acceptors (Lipinski definition) is 9. The molecule has 0 saturated heterocycles. The predicted molar refractivity (Wildman–Crippen MR) is 260 cm³/mol. The van der Waals surface area contributed by atoms with Crippen LogP contribution in [-0.4, -0.2) is 65.7 Å². The van der Waals surface area contributed by atoms with Gasteiger partial charge in [-0.25, -0.2) is 4.57 Å². The van der Waals surface area contributed by atoms with Crippen LogP contribution in [0, 0.1) is 0 Å². The van der Waals surface area contributed by atoms with Gasteiger partial charge < -0.3 is 24.6 Å². The number of esters is 2. The van der Waals surface area contributed by atoms with Crippen molar-refractivity contribution in [2.45, 2.75) is 180 Å². The maximum Gasteiger partial charge on any atom is 0.472 e. The Labute approximate surface area is 382 Å². The molecule has 358 valence electrons. The van der Waals surface area contributed by atoms with E-state index >= 15 is 0 Å². The molecule has 0 aliphatic heterocycles. The third-order valence-corrected chi connectivity index (χ3v) is 10.4. The van der Waals surface area contributed by atoms with Gasteiger partial charge in [-0.05, 0) is 89.9 Å². The van der Waals surface area contributed by atoms with Crippen molar-refractivity contribution in [3.05, 3.63) is 109 Å². The van der Waals surface area contributed by atoms with Crippen LogP contribution in [0.5, 0.6) is 0 Å². The first-order valence-corrected chi connectivity index (χ1v) is 25.3. The second-order valence-electron chi connectivity index (χ2n) is 15.4.